The van der Waals surface area contributed by atoms with E-state index in [-0.39, 0.29) is 18.6 Å². The normalized spacial score (nSPS) is 20.3. The maximum absolute atomic E-state index is 11.9. The molecule has 2 rings (SSSR count). The van der Waals surface area contributed by atoms with E-state index in [2.05, 4.69) is 4.98 Å². The highest BCUT2D eigenvalue weighted by Gasteiger charge is 2.27. The smallest absolute Gasteiger partial charge is 0.224 e. The number of hydrogen-bond donors (Lipinski definition) is 1. The predicted octanol–water partition coefficient (Wildman–Crippen LogP) is 0.257. The Morgan fingerprint density at radius 2 is 2.44 bits per heavy atom. The van der Waals surface area contributed by atoms with Crippen LogP contribution >= 0.6 is 0 Å². The van der Waals surface area contributed by atoms with E-state index >= 15 is 0 Å². The summed E-state index contributed by atoms with van der Waals surface area (Å²) in [6.07, 6.45) is 7.67. The largest absolute Gasteiger partial charge is 0.394 e. The van der Waals surface area contributed by atoms with Gasteiger partial charge in [0.05, 0.1) is 19.0 Å². The molecule has 1 aliphatic heterocycles. The van der Waals surface area contributed by atoms with E-state index in [0.717, 1.165) is 19.4 Å². The molecule has 0 unspecified atom stereocenters. The molecule has 1 aromatic heterocycles. The number of aryl methyl sites for hydroxylation is 1. The molecular formula is C11H17N3O2. The first-order chi connectivity index (χ1) is 7.81. The Morgan fingerprint density at radius 3 is 3.12 bits per heavy atom. The second-order valence-corrected chi connectivity index (χ2v) is 4.12. The molecule has 0 spiro atoms. The van der Waals surface area contributed by atoms with Crippen molar-refractivity contribution < 1.29 is 9.90 Å². The van der Waals surface area contributed by atoms with E-state index in [0.29, 0.717) is 13.0 Å². The lowest BCUT2D eigenvalue weighted by atomic mass is 10.2. The van der Waals surface area contributed by atoms with Crippen LogP contribution in [0.5, 0.6) is 0 Å². The van der Waals surface area contributed by atoms with Gasteiger partial charge in [0, 0.05) is 31.9 Å². The zero-order valence-corrected chi connectivity index (χ0v) is 9.25. The van der Waals surface area contributed by atoms with Gasteiger partial charge >= 0.3 is 0 Å². The molecule has 1 saturated heterocycles. The molecule has 0 aliphatic carbocycles. The second kappa shape index (κ2) is 5.12. The number of carbonyl (C=O) groups excluding carboxylic acids is 1. The quantitative estimate of drug-likeness (QED) is 0.796. The summed E-state index contributed by atoms with van der Waals surface area (Å²) in [4.78, 5) is 17.6. The van der Waals surface area contributed by atoms with Gasteiger partial charge in [0.15, 0.2) is 0 Å². The van der Waals surface area contributed by atoms with Crippen LogP contribution in [-0.2, 0) is 11.3 Å². The highest BCUT2D eigenvalue weighted by molar-refractivity contribution is 5.76. The third kappa shape index (κ3) is 2.41. The number of nitrogens with zero attached hydrogens (tertiary/aromatic N) is 3. The van der Waals surface area contributed by atoms with Crippen LogP contribution in [0.15, 0.2) is 18.7 Å². The van der Waals surface area contributed by atoms with E-state index in [4.69, 9.17) is 5.11 Å². The van der Waals surface area contributed by atoms with Crippen molar-refractivity contribution in [3.63, 3.8) is 0 Å². The average Bonchev–Trinajstić information content (AvgIpc) is 2.96. The van der Waals surface area contributed by atoms with Gasteiger partial charge in [0.25, 0.3) is 0 Å². The molecule has 0 bridgehead atoms. The van der Waals surface area contributed by atoms with Crippen molar-refractivity contribution in [3.05, 3.63) is 18.7 Å². The van der Waals surface area contributed by atoms with E-state index in [1.54, 1.807) is 17.4 Å². The fourth-order valence-electron chi connectivity index (χ4n) is 2.14. The van der Waals surface area contributed by atoms with Crippen LogP contribution in [0.25, 0.3) is 0 Å². The molecule has 1 N–H and O–H groups in total. The number of amides is 1. The van der Waals surface area contributed by atoms with Gasteiger partial charge in [-0.05, 0) is 12.8 Å². The predicted molar refractivity (Wildman–Crippen MR) is 58.7 cm³/mol. The topological polar surface area (TPSA) is 58.4 Å². The van der Waals surface area contributed by atoms with Gasteiger partial charge in [-0.25, -0.2) is 4.98 Å². The van der Waals surface area contributed by atoms with Crippen molar-refractivity contribution in [2.75, 3.05) is 13.2 Å². The molecule has 0 aromatic carbocycles. The fraction of sp³-hybridized carbons (Fsp3) is 0.636. The minimum absolute atomic E-state index is 0.0373. The molecule has 88 valence electrons. The molecule has 5 nitrogen and oxygen atoms in total. The van der Waals surface area contributed by atoms with Crippen LogP contribution in [-0.4, -0.2) is 44.7 Å². The highest BCUT2D eigenvalue weighted by atomic mass is 16.3. The molecule has 1 fully saturated rings. The number of carbonyl (C=O) groups is 1. The maximum atomic E-state index is 11.9. The molecule has 1 amide bonds. The van der Waals surface area contributed by atoms with Crippen molar-refractivity contribution in [1.82, 2.24) is 14.5 Å². The van der Waals surface area contributed by atoms with Gasteiger partial charge in [-0.15, -0.1) is 0 Å². The summed E-state index contributed by atoms with van der Waals surface area (Å²) < 4.78 is 1.89. The van der Waals surface area contributed by atoms with Gasteiger partial charge in [0.1, 0.15) is 0 Å². The molecule has 0 saturated carbocycles. The zero-order valence-electron chi connectivity index (χ0n) is 9.25. The van der Waals surface area contributed by atoms with E-state index in [9.17, 15) is 4.79 Å². The third-order valence-electron chi connectivity index (χ3n) is 3.05. The number of imidazole rings is 1. The van der Waals surface area contributed by atoms with Crippen LogP contribution in [0.4, 0.5) is 0 Å². The minimum Gasteiger partial charge on any atom is -0.394 e. The van der Waals surface area contributed by atoms with Crippen LogP contribution in [0, 0.1) is 0 Å². The number of aliphatic hydroxyl groups is 1. The Labute approximate surface area is 94.7 Å². The number of hydrogen-bond acceptors (Lipinski definition) is 3. The van der Waals surface area contributed by atoms with Crippen LogP contribution < -0.4 is 0 Å². The number of aliphatic hydroxyl groups excluding tert-OH is 1. The number of rotatable bonds is 4. The van der Waals surface area contributed by atoms with Crippen molar-refractivity contribution in [2.24, 2.45) is 0 Å². The first-order valence-corrected chi connectivity index (χ1v) is 5.67. The summed E-state index contributed by atoms with van der Waals surface area (Å²) in [6, 6.07) is 0.0373. The summed E-state index contributed by atoms with van der Waals surface area (Å²) in [7, 11) is 0. The molecule has 1 aliphatic rings. The van der Waals surface area contributed by atoms with E-state index in [1.807, 2.05) is 10.8 Å². The van der Waals surface area contributed by atoms with Gasteiger partial charge in [-0.2, -0.15) is 0 Å². The van der Waals surface area contributed by atoms with Crippen molar-refractivity contribution in [1.29, 1.82) is 0 Å². The van der Waals surface area contributed by atoms with Gasteiger partial charge in [-0.1, -0.05) is 0 Å². The van der Waals surface area contributed by atoms with Crippen molar-refractivity contribution in [2.45, 2.75) is 31.8 Å². The lowest BCUT2D eigenvalue weighted by Gasteiger charge is -2.23. The molecule has 5 heteroatoms. The Kier molecular flexibility index (Phi) is 3.56. The Morgan fingerprint density at radius 1 is 1.56 bits per heavy atom. The second-order valence-electron chi connectivity index (χ2n) is 4.12. The number of likely N-dealkylation sites (tertiary alicyclic amines) is 1. The van der Waals surface area contributed by atoms with E-state index < -0.39 is 0 Å². The lowest BCUT2D eigenvalue weighted by molar-refractivity contribution is -0.132. The molecule has 1 aromatic rings. The van der Waals surface area contributed by atoms with Crippen LogP contribution in [0.1, 0.15) is 19.3 Å². The van der Waals surface area contributed by atoms with Gasteiger partial charge in [-0.3, -0.25) is 4.79 Å². The fourth-order valence-corrected chi connectivity index (χ4v) is 2.14. The van der Waals surface area contributed by atoms with Crippen LogP contribution in [0.2, 0.25) is 0 Å². The molecular weight excluding hydrogens is 206 g/mol. The Bertz CT molecular complexity index is 337. The lowest BCUT2D eigenvalue weighted by Crippen LogP contribution is -2.37. The zero-order chi connectivity index (χ0) is 11.4. The molecule has 2 heterocycles. The monoisotopic (exact) mass is 223 g/mol. The van der Waals surface area contributed by atoms with Crippen molar-refractivity contribution in [3.8, 4) is 0 Å². The standard InChI is InChI=1S/C11H17N3O2/c15-8-10-2-1-5-14(10)11(16)3-6-13-7-4-12-9-13/h4,7,9-10,15H,1-3,5-6,8H2/t10-/m0/s1. The summed E-state index contributed by atoms with van der Waals surface area (Å²) >= 11 is 0. The maximum Gasteiger partial charge on any atom is 0.224 e. The van der Waals surface area contributed by atoms with Gasteiger partial charge in [0.2, 0.25) is 5.91 Å². The van der Waals surface area contributed by atoms with Crippen molar-refractivity contribution >= 4 is 5.91 Å². The summed E-state index contributed by atoms with van der Waals surface area (Å²) in [5.41, 5.74) is 0. The van der Waals surface area contributed by atoms with E-state index in [1.165, 1.54) is 0 Å². The first-order valence-electron chi connectivity index (χ1n) is 5.67. The summed E-state index contributed by atoms with van der Waals surface area (Å²) in [5, 5.41) is 9.13. The highest BCUT2D eigenvalue weighted by Crippen LogP contribution is 2.17. The minimum atomic E-state index is 0.0373. The first kappa shape index (κ1) is 11.1. The SMILES string of the molecule is O=C(CCn1ccnc1)N1CCC[C@H]1CO. The average molecular weight is 223 g/mol. The summed E-state index contributed by atoms with van der Waals surface area (Å²) in [6.45, 7) is 1.53. The molecule has 0 radical (unpaired) electrons. The third-order valence-corrected chi connectivity index (χ3v) is 3.05. The van der Waals surface area contributed by atoms with Gasteiger partial charge < -0.3 is 14.6 Å². The number of aromatic nitrogens is 2. The Hall–Kier alpha value is -1.36. The Balaban J connectivity index is 1.83. The molecule has 1 atom stereocenters. The summed E-state index contributed by atoms with van der Waals surface area (Å²) in [5.74, 6) is 0.130. The van der Waals surface area contributed by atoms with Crippen LogP contribution in [0.3, 0.4) is 0 Å². The molecule has 16 heavy (non-hydrogen) atoms.